The summed E-state index contributed by atoms with van der Waals surface area (Å²) in [6, 6.07) is 0. The fourth-order valence-electron chi connectivity index (χ4n) is 0. The van der Waals surface area contributed by atoms with Crippen LogP contribution in [0.5, 0.6) is 0 Å². The van der Waals surface area contributed by atoms with E-state index in [-0.39, 0.29) is 33.8 Å². The van der Waals surface area contributed by atoms with Crippen molar-refractivity contribution in [2.45, 2.75) is 0 Å². The van der Waals surface area contributed by atoms with Crippen LogP contribution in [0.3, 0.4) is 0 Å². The van der Waals surface area contributed by atoms with Crippen LogP contribution >= 0.6 is 0 Å². The maximum Gasteiger partial charge on any atom is 3.00 e. The molecule has 1 radical (unpaired) electrons. The molecule has 0 saturated carbocycles. The van der Waals surface area contributed by atoms with Gasteiger partial charge in [-0.15, -0.1) is 0 Å². The van der Waals surface area contributed by atoms with Gasteiger partial charge in [0.05, 0.1) is 0 Å². The van der Waals surface area contributed by atoms with Crippen LogP contribution in [0.15, 0.2) is 0 Å². The second kappa shape index (κ2) is 263. The summed E-state index contributed by atoms with van der Waals surface area (Å²) in [4.78, 5) is 0. The van der Waals surface area contributed by atoms with E-state index in [1.165, 1.54) is 0 Å². The first-order valence-electron chi connectivity index (χ1n) is 1.34. The Balaban J connectivity index is -0.00000000500. The molecule has 0 aliphatic heterocycles. The van der Waals surface area contributed by atoms with E-state index in [4.69, 9.17) is 71.0 Å². The molecule has 6 nitrogen and oxygen atoms in total. The van der Waals surface area contributed by atoms with Gasteiger partial charge in [0.25, 0.3) is 0 Å². The Labute approximate surface area is 105 Å². The number of rotatable bonds is 0. The molecule has 0 aliphatic carbocycles. The first-order valence-corrected chi connectivity index (χ1v) is 1.34. The van der Waals surface area contributed by atoms with Gasteiger partial charge in [-0.1, -0.05) is 0 Å². The molecular formula is C6CoFeN6. The van der Waals surface area contributed by atoms with Crippen molar-refractivity contribution >= 4 is 0 Å². The zero-order valence-corrected chi connectivity index (χ0v) is 8.52. The molecule has 0 aromatic rings. The van der Waals surface area contributed by atoms with Crippen LogP contribution in [-0.2, 0) is 33.8 Å². The molecule has 14 heavy (non-hydrogen) atoms. The number of nitrogens with zero attached hydrogens (tertiary/aromatic N) is 6. The Kier molecular flexibility index (Phi) is 1720. The molecule has 0 aromatic heterocycles. The quantitative estimate of drug-likeness (QED) is 0.465. The molecule has 0 rings (SSSR count). The average Bonchev–Trinajstić information content (AvgIpc) is 2.33. The number of hydrogen-bond donors (Lipinski definition) is 0. The SMILES string of the molecule is [C-]#N.[C-]#N.[C-]#N.[C-]#N.[C-]#N.[C-]#N.[Co+3].[Fe+3]. The monoisotopic (exact) mass is 271 g/mol. The van der Waals surface area contributed by atoms with Crippen LogP contribution in [0.1, 0.15) is 0 Å². The predicted octanol–water partition coefficient (Wildman–Crippen LogP) is 0.573. The second-order valence-corrected chi connectivity index (χ2v) is 0. The minimum absolute atomic E-state index is 0. The summed E-state index contributed by atoms with van der Waals surface area (Å²) >= 11 is 0. The summed E-state index contributed by atoms with van der Waals surface area (Å²) in [5, 5.41) is 37.5. The van der Waals surface area contributed by atoms with E-state index < -0.39 is 0 Å². The third kappa shape index (κ3) is 194. The number of hydrogen-bond acceptors (Lipinski definition) is 6. The van der Waals surface area contributed by atoms with Gasteiger partial charge in [0.1, 0.15) is 0 Å². The molecule has 71 valence electrons. The van der Waals surface area contributed by atoms with Crippen molar-refractivity contribution < 1.29 is 33.8 Å². The summed E-state index contributed by atoms with van der Waals surface area (Å²) in [5.41, 5.74) is 0. The Morgan fingerprint density at radius 1 is 0.357 bits per heavy atom. The average molecular weight is 271 g/mol. The first kappa shape index (κ1) is 91.5. The molecule has 0 fully saturated rings. The zero-order valence-electron chi connectivity index (χ0n) is 6.37. The molecule has 0 aliphatic rings. The Morgan fingerprint density at radius 3 is 0.357 bits per heavy atom. The zero-order chi connectivity index (χ0) is 12.0. The van der Waals surface area contributed by atoms with Gasteiger partial charge in [-0.2, -0.15) is 0 Å². The molecule has 0 bridgehead atoms. The van der Waals surface area contributed by atoms with Crippen LogP contribution in [0.4, 0.5) is 0 Å². The largest absolute Gasteiger partial charge is 3.00 e. The van der Waals surface area contributed by atoms with Crippen LogP contribution < -0.4 is 0 Å². The molecular weight excluding hydrogens is 271 g/mol. The molecule has 0 atom stereocenters. The van der Waals surface area contributed by atoms with Crippen LogP contribution in [0, 0.1) is 71.0 Å². The molecule has 0 aromatic carbocycles. The Morgan fingerprint density at radius 2 is 0.357 bits per heavy atom. The normalized spacial score (nSPS) is 0.857. The van der Waals surface area contributed by atoms with Gasteiger partial charge >= 0.3 is 33.8 Å². The van der Waals surface area contributed by atoms with Crippen LogP contribution in [0.25, 0.3) is 0 Å². The van der Waals surface area contributed by atoms with E-state index in [1.54, 1.807) is 0 Å². The molecule has 8 heteroatoms. The van der Waals surface area contributed by atoms with Gasteiger partial charge in [-0.3, -0.25) is 0 Å². The summed E-state index contributed by atoms with van der Waals surface area (Å²) in [6.45, 7) is 28.5. The van der Waals surface area contributed by atoms with Gasteiger partial charge in [-0.05, 0) is 0 Å². The smallest absolute Gasteiger partial charge is 0.512 e. The summed E-state index contributed by atoms with van der Waals surface area (Å²) in [5.74, 6) is 0. The van der Waals surface area contributed by atoms with Gasteiger partial charge in [0, 0.05) is 0 Å². The van der Waals surface area contributed by atoms with Crippen molar-refractivity contribution in [1.29, 1.82) is 31.6 Å². The third-order valence-corrected chi connectivity index (χ3v) is 0. The Hall–Kier alpha value is -2.03. The standard InChI is InChI=1S/6CN.Co.Fe/c6*1-2;;/q6*-1;2*+3. The minimum atomic E-state index is 0. The fraction of sp³-hybridized carbons (Fsp3) is 0. The topological polar surface area (TPSA) is 143 Å². The van der Waals surface area contributed by atoms with Crippen molar-refractivity contribution in [3.8, 4) is 0 Å². The summed E-state index contributed by atoms with van der Waals surface area (Å²) in [6.07, 6.45) is 0. The molecule has 0 amide bonds. The fourth-order valence-corrected chi connectivity index (χ4v) is 0. The van der Waals surface area contributed by atoms with E-state index in [2.05, 4.69) is 0 Å². The molecule has 0 saturated heterocycles. The first-order chi connectivity index (χ1) is 6.00. The van der Waals surface area contributed by atoms with Gasteiger partial charge in [0.2, 0.25) is 0 Å². The van der Waals surface area contributed by atoms with Gasteiger partial charge in [-0.25, -0.2) is 0 Å². The predicted molar refractivity (Wildman–Crippen MR) is 29.8 cm³/mol. The summed E-state index contributed by atoms with van der Waals surface area (Å²) < 4.78 is 0. The van der Waals surface area contributed by atoms with E-state index in [1.807, 2.05) is 0 Å². The third-order valence-electron chi connectivity index (χ3n) is 0. The van der Waals surface area contributed by atoms with E-state index in [9.17, 15) is 0 Å². The van der Waals surface area contributed by atoms with E-state index >= 15 is 0 Å². The molecule has 0 unspecified atom stereocenters. The van der Waals surface area contributed by atoms with Crippen molar-refractivity contribution in [3.63, 3.8) is 0 Å². The molecule has 0 N–H and O–H groups in total. The molecule has 0 spiro atoms. The van der Waals surface area contributed by atoms with E-state index in [0.717, 1.165) is 0 Å². The van der Waals surface area contributed by atoms with Gasteiger partial charge in [0.15, 0.2) is 0 Å². The minimum Gasteiger partial charge on any atom is -0.512 e. The second-order valence-electron chi connectivity index (χ2n) is 0. The van der Waals surface area contributed by atoms with Crippen LogP contribution in [0.2, 0.25) is 0 Å². The Bertz CT molecular complexity index is 97.3. The van der Waals surface area contributed by atoms with Crippen molar-refractivity contribution in [3.05, 3.63) is 39.4 Å². The summed E-state index contributed by atoms with van der Waals surface area (Å²) in [7, 11) is 0. The van der Waals surface area contributed by atoms with E-state index in [0.29, 0.717) is 0 Å². The van der Waals surface area contributed by atoms with Crippen molar-refractivity contribution in [2.24, 2.45) is 0 Å². The van der Waals surface area contributed by atoms with Crippen LogP contribution in [-0.4, -0.2) is 0 Å². The maximum atomic E-state index is 6.25. The van der Waals surface area contributed by atoms with Crippen molar-refractivity contribution in [2.75, 3.05) is 0 Å². The molecule has 0 heterocycles. The maximum absolute atomic E-state index is 6.25. The van der Waals surface area contributed by atoms with Gasteiger partial charge < -0.3 is 71.0 Å². The van der Waals surface area contributed by atoms with Crippen molar-refractivity contribution in [1.82, 2.24) is 0 Å².